The Balaban J connectivity index is 1.62. The molecular weight excluding hydrogens is 446 g/mol. The van der Waals surface area contributed by atoms with Gasteiger partial charge in [0.05, 0.1) is 11.4 Å². The van der Waals surface area contributed by atoms with Gasteiger partial charge in [0.25, 0.3) is 0 Å². The molecule has 0 aromatic heterocycles. The van der Waals surface area contributed by atoms with Crippen LogP contribution in [-0.4, -0.2) is 31.2 Å². The fourth-order valence-electron chi connectivity index (χ4n) is 3.29. The summed E-state index contributed by atoms with van der Waals surface area (Å²) >= 11 is 0. The zero-order valence-corrected chi connectivity index (χ0v) is 19.3. The lowest BCUT2D eigenvalue weighted by atomic mass is 10.0. The van der Waals surface area contributed by atoms with Crippen molar-refractivity contribution in [1.29, 1.82) is 0 Å². The van der Waals surface area contributed by atoms with Crippen LogP contribution in [0.1, 0.15) is 25.0 Å². The van der Waals surface area contributed by atoms with Gasteiger partial charge in [0.1, 0.15) is 12.5 Å². The molecule has 8 heteroatoms. The number of sulfonamides is 1. The van der Waals surface area contributed by atoms with E-state index in [1.807, 2.05) is 36.4 Å². The maximum absolute atomic E-state index is 13.2. The van der Waals surface area contributed by atoms with Crippen molar-refractivity contribution in [2.45, 2.75) is 38.0 Å². The highest BCUT2D eigenvalue weighted by Gasteiger charge is 2.29. The third-order valence-corrected chi connectivity index (χ3v) is 7.22. The van der Waals surface area contributed by atoms with E-state index < -0.39 is 34.5 Å². The van der Waals surface area contributed by atoms with Crippen LogP contribution < -0.4 is 5.32 Å². The van der Waals surface area contributed by atoms with E-state index in [0.717, 1.165) is 33.1 Å². The van der Waals surface area contributed by atoms with E-state index in [1.54, 1.807) is 26.0 Å². The Morgan fingerprint density at radius 3 is 1.88 bits per heavy atom. The van der Waals surface area contributed by atoms with Gasteiger partial charge in [-0.25, -0.2) is 17.2 Å². The van der Waals surface area contributed by atoms with Gasteiger partial charge in [0, 0.05) is 12.6 Å². The molecule has 174 valence electrons. The second-order valence-corrected chi connectivity index (χ2v) is 9.79. The molecule has 33 heavy (non-hydrogen) atoms. The monoisotopic (exact) mass is 472 g/mol. The van der Waals surface area contributed by atoms with Crippen LogP contribution in [0.3, 0.4) is 0 Å². The summed E-state index contributed by atoms with van der Waals surface area (Å²) in [5, 5.41) is 2.74. The SMILES string of the molecule is CC(C)N(CC(=O)NCc1ccc(-c2ccc(CF)cc2)cc1)S(=O)(=O)c1ccc(F)cc1. The molecule has 3 rings (SSSR count). The fourth-order valence-corrected chi connectivity index (χ4v) is 4.88. The molecule has 0 unspecified atom stereocenters. The van der Waals surface area contributed by atoms with Crippen molar-refractivity contribution >= 4 is 15.9 Å². The summed E-state index contributed by atoms with van der Waals surface area (Å²) in [5.41, 5.74) is 3.40. The van der Waals surface area contributed by atoms with Gasteiger partial charge < -0.3 is 5.32 Å². The summed E-state index contributed by atoms with van der Waals surface area (Å²) in [5.74, 6) is -0.981. The van der Waals surface area contributed by atoms with E-state index in [9.17, 15) is 22.0 Å². The van der Waals surface area contributed by atoms with E-state index >= 15 is 0 Å². The first-order valence-corrected chi connectivity index (χ1v) is 11.9. The van der Waals surface area contributed by atoms with Crippen LogP contribution in [-0.2, 0) is 28.0 Å². The molecule has 0 aliphatic rings. The largest absolute Gasteiger partial charge is 0.351 e. The highest BCUT2D eigenvalue weighted by Crippen LogP contribution is 2.21. The molecule has 0 bridgehead atoms. The average Bonchev–Trinajstić information content (AvgIpc) is 2.81. The molecule has 0 saturated heterocycles. The first-order chi connectivity index (χ1) is 15.7. The highest BCUT2D eigenvalue weighted by atomic mass is 32.2. The van der Waals surface area contributed by atoms with Crippen LogP contribution in [0.25, 0.3) is 11.1 Å². The van der Waals surface area contributed by atoms with Gasteiger partial charge in [-0.15, -0.1) is 0 Å². The van der Waals surface area contributed by atoms with Crippen LogP contribution in [0.4, 0.5) is 8.78 Å². The topological polar surface area (TPSA) is 66.5 Å². The molecule has 3 aromatic carbocycles. The molecule has 0 saturated carbocycles. The molecule has 0 aliphatic carbocycles. The van der Waals surface area contributed by atoms with Gasteiger partial charge in [-0.1, -0.05) is 48.5 Å². The number of nitrogens with one attached hydrogen (secondary N) is 1. The Bertz CT molecular complexity index is 1180. The highest BCUT2D eigenvalue weighted by molar-refractivity contribution is 7.89. The Morgan fingerprint density at radius 1 is 0.879 bits per heavy atom. The van der Waals surface area contributed by atoms with Crippen molar-refractivity contribution in [3.8, 4) is 11.1 Å². The zero-order chi connectivity index (χ0) is 24.0. The van der Waals surface area contributed by atoms with Crippen LogP contribution in [0.5, 0.6) is 0 Å². The van der Waals surface area contributed by atoms with E-state index in [1.165, 1.54) is 12.1 Å². The molecule has 0 radical (unpaired) electrons. The minimum absolute atomic E-state index is 0.0689. The zero-order valence-electron chi connectivity index (χ0n) is 18.5. The lowest BCUT2D eigenvalue weighted by Crippen LogP contribution is -2.44. The predicted octanol–water partition coefficient (Wildman–Crippen LogP) is 4.68. The fraction of sp³-hybridized carbons (Fsp3) is 0.240. The predicted molar refractivity (Wildman–Crippen MR) is 124 cm³/mol. The average molecular weight is 473 g/mol. The molecule has 0 spiro atoms. The van der Waals surface area contributed by atoms with Gasteiger partial charge >= 0.3 is 0 Å². The third kappa shape index (κ3) is 6.24. The minimum Gasteiger partial charge on any atom is -0.351 e. The van der Waals surface area contributed by atoms with Crippen LogP contribution in [0.15, 0.2) is 77.7 Å². The van der Waals surface area contributed by atoms with Crippen LogP contribution >= 0.6 is 0 Å². The maximum atomic E-state index is 13.2. The number of halogens is 2. The molecule has 1 N–H and O–H groups in total. The summed E-state index contributed by atoms with van der Waals surface area (Å²) in [4.78, 5) is 12.4. The molecule has 0 aliphatic heterocycles. The van der Waals surface area contributed by atoms with E-state index in [-0.39, 0.29) is 18.0 Å². The summed E-state index contributed by atoms with van der Waals surface area (Å²) in [6.07, 6.45) is 0. The Hall–Kier alpha value is -3.10. The van der Waals surface area contributed by atoms with E-state index in [4.69, 9.17) is 0 Å². The minimum atomic E-state index is -3.95. The van der Waals surface area contributed by atoms with Crippen molar-refractivity contribution in [2.24, 2.45) is 0 Å². The third-order valence-electron chi connectivity index (χ3n) is 5.18. The summed E-state index contributed by atoms with van der Waals surface area (Å²) < 4.78 is 52.7. The molecule has 5 nitrogen and oxygen atoms in total. The van der Waals surface area contributed by atoms with Gasteiger partial charge in [-0.2, -0.15) is 4.31 Å². The second kappa shape index (κ2) is 10.7. The van der Waals surface area contributed by atoms with Gasteiger partial charge in [0.15, 0.2) is 0 Å². The lowest BCUT2D eigenvalue weighted by molar-refractivity contribution is -0.121. The number of rotatable bonds is 9. The molecule has 3 aromatic rings. The van der Waals surface area contributed by atoms with Crippen molar-refractivity contribution in [1.82, 2.24) is 9.62 Å². The number of alkyl halides is 1. The quantitative estimate of drug-likeness (QED) is 0.492. The smallest absolute Gasteiger partial charge is 0.243 e. The van der Waals surface area contributed by atoms with E-state index in [2.05, 4.69) is 5.32 Å². The molecule has 0 atom stereocenters. The summed E-state index contributed by atoms with van der Waals surface area (Å²) in [6, 6.07) is 18.8. The Labute approximate surface area is 193 Å². The van der Waals surface area contributed by atoms with Crippen LogP contribution in [0.2, 0.25) is 0 Å². The normalized spacial score (nSPS) is 11.7. The number of benzene rings is 3. The summed E-state index contributed by atoms with van der Waals surface area (Å²) in [7, 11) is -3.95. The van der Waals surface area contributed by atoms with Gasteiger partial charge in [-0.05, 0) is 60.4 Å². The molecular formula is C25H26F2N2O3S. The first-order valence-electron chi connectivity index (χ1n) is 10.5. The van der Waals surface area contributed by atoms with Crippen molar-refractivity contribution < 1.29 is 22.0 Å². The number of hydrogen-bond donors (Lipinski definition) is 1. The number of amides is 1. The number of nitrogens with zero attached hydrogens (tertiary/aromatic N) is 1. The van der Waals surface area contributed by atoms with E-state index in [0.29, 0.717) is 5.56 Å². The van der Waals surface area contributed by atoms with Gasteiger partial charge in [-0.3, -0.25) is 4.79 Å². The number of carbonyl (C=O) groups is 1. The van der Waals surface area contributed by atoms with Crippen molar-refractivity contribution in [3.05, 3.63) is 89.7 Å². The summed E-state index contributed by atoms with van der Waals surface area (Å²) in [6.45, 7) is 2.73. The Morgan fingerprint density at radius 2 is 1.39 bits per heavy atom. The molecule has 0 heterocycles. The van der Waals surface area contributed by atoms with Crippen LogP contribution in [0, 0.1) is 5.82 Å². The molecule has 1 amide bonds. The number of hydrogen-bond acceptors (Lipinski definition) is 3. The first kappa shape index (κ1) is 24.5. The maximum Gasteiger partial charge on any atom is 0.243 e. The number of carbonyl (C=O) groups excluding carboxylic acids is 1. The van der Waals surface area contributed by atoms with Crippen molar-refractivity contribution in [2.75, 3.05) is 6.54 Å². The lowest BCUT2D eigenvalue weighted by Gasteiger charge is -2.25. The van der Waals surface area contributed by atoms with Gasteiger partial charge in [0.2, 0.25) is 15.9 Å². The standard InChI is InChI=1S/C25H26F2N2O3S/c1-18(2)29(33(31,32)24-13-11-23(27)12-14-24)17-25(30)28-16-20-5-9-22(10-6-20)21-7-3-19(15-26)4-8-21/h3-14,18H,15-17H2,1-2H3,(H,28,30). The Kier molecular flexibility index (Phi) is 7.94. The molecule has 0 fully saturated rings. The second-order valence-electron chi connectivity index (χ2n) is 7.90. The van der Waals surface area contributed by atoms with Crippen molar-refractivity contribution in [3.63, 3.8) is 0 Å².